The van der Waals surface area contributed by atoms with Crippen molar-refractivity contribution < 1.29 is 1.43 Å². The van der Waals surface area contributed by atoms with Crippen LogP contribution in [0.15, 0.2) is 0 Å². The van der Waals surface area contributed by atoms with Crippen molar-refractivity contribution in [1.29, 1.82) is 0 Å². The van der Waals surface area contributed by atoms with E-state index in [1.165, 1.54) is 19.3 Å². The molecule has 2 atom stereocenters. The minimum absolute atomic E-state index is 0. The van der Waals surface area contributed by atoms with Gasteiger partial charge in [0.25, 0.3) is 0 Å². The molecule has 0 spiro atoms. The van der Waals surface area contributed by atoms with Gasteiger partial charge >= 0.3 is 0 Å². The van der Waals surface area contributed by atoms with Gasteiger partial charge in [0, 0.05) is 7.47 Å². The second kappa shape index (κ2) is 3.21. The lowest BCUT2D eigenvalue weighted by molar-refractivity contribution is 0.437. The molecule has 0 saturated heterocycles. The standard InChI is InChI=1S/C8H17N.H2/c1-3-9-8-6-4-5-7(8)2;/h7-9H,3-6H2,1-2H3;1H. The lowest BCUT2D eigenvalue weighted by Crippen LogP contribution is -2.30. The van der Waals surface area contributed by atoms with Gasteiger partial charge in [-0.2, -0.15) is 0 Å². The molecule has 56 valence electrons. The van der Waals surface area contributed by atoms with Gasteiger partial charge in [-0.05, 0) is 25.3 Å². The zero-order chi connectivity index (χ0) is 6.69. The van der Waals surface area contributed by atoms with Crippen molar-refractivity contribution >= 4 is 0 Å². The van der Waals surface area contributed by atoms with Gasteiger partial charge in [-0.25, -0.2) is 0 Å². The van der Waals surface area contributed by atoms with Crippen LogP contribution in [-0.2, 0) is 0 Å². The van der Waals surface area contributed by atoms with Crippen LogP contribution < -0.4 is 5.32 Å². The van der Waals surface area contributed by atoms with E-state index >= 15 is 0 Å². The lowest BCUT2D eigenvalue weighted by atomic mass is 10.1. The first-order chi connectivity index (χ1) is 4.34. The number of hydrogen-bond acceptors (Lipinski definition) is 1. The highest BCUT2D eigenvalue weighted by molar-refractivity contribution is 4.79. The Bertz CT molecular complexity index is 85.3. The van der Waals surface area contributed by atoms with Gasteiger partial charge in [0.2, 0.25) is 0 Å². The van der Waals surface area contributed by atoms with Crippen molar-refractivity contribution in [2.75, 3.05) is 6.54 Å². The Balaban J connectivity index is 0.000000810. The highest BCUT2D eigenvalue weighted by Gasteiger charge is 2.21. The first kappa shape index (κ1) is 7.07. The number of nitrogens with one attached hydrogen (secondary N) is 1. The van der Waals surface area contributed by atoms with Crippen LogP contribution >= 0.6 is 0 Å². The van der Waals surface area contributed by atoms with Crippen LogP contribution in [0.4, 0.5) is 0 Å². The molecule has 2 unspecified atom stereocenters. The summed E-state index contributed by atoms with van der Waals surface area (Å²) in [6.07, 6.45) is 4.26. The summed E-state index contributed by atoms with van der Waals surface area (Å²) >= 11 is 0. The molecule has 0 heterocycles. The molecule has 0 radical (unpaired) electrons. The smallest absolute Gasteiger partial charge is 0.00925 e. The van der Waals surface area contributed by atoms with Crippen molar-refractivity contribution in [3.63, 3.8) is 0 Å². The van der Waals surface area contributed by atoms with Gasteiger partial charge in [0.15, 0.2) is 0 Å². The average Bonchev–Trinajstić information content (AvgIpc) is 2.18. The van der Waals surface area contributed by atoms with Gasteiger partial charge in [-0.3, -0.25) is 0 Å². The molecule has 1 N–H and O–H groups in total. The van der Waals surface area contributed by atoms with Gasteiger partial charge in [0.05, 0.1) is 0 Å². The highest BCUT2D eigenvalue weighted by Crippen LogP contribution is 2.24. The molecule has 1 aliphatic carbocycles. The van der Waals surface area contributed by atoms with Crippen molar-refractivity contribution in [2.24, 2.45) is 5.92 Å². The maximum atomic E-state index is 3.49. The van der Waals surface area contributed by atoms with Crippen LogP contribution in [0, 0.1) is 5.92 Å². The molecule has 0 aromatic rings. The van der Waals surface area contributed by atoms with E-state index in [2.05, 4.69) is 19.2 Å². The average molecular weight is 129 g/mol. The van der Waals surface area contributed by atoms with E-state index in [-0.39, 0.29) is 1.43 Å². The highest BCUT2D eigenvalue weighted by atomic mass is 14.9. The topological polar surface area (TPSA) is 12.0 Å². The molecule has 0 bridgehead atoms. The van der Waals surface area contributed by atoms with Crippen LogP contribution in [-0.4, -0.2) is 12.6 Å². The minimum Gasteiger partial charge on any atom is -0.314 e. The zero-order valence-corrected chi connectivity index (χ0v) is 6.48. The summed E-state index contributed by atoms with van der Waals surface area (Å²) in [5.74, 6) is 0.921. The van der Waals surface area contributed by atoms with Crippen LogP contribution in [0.5, 0.6) is 0 Å². The summed E-state index contributed by atoms with van der Waals surface area (Å²) in [6, 6.07) is 0.829. The van der Waals surface area contributed by atoms with E-state index < -0.39 is 0 Å². The fourth-order valence-corrected chi connectivity index (χ4v) is 1.71. The maximum absolute atomic E-state index is 3.49. The maximum Gasteiger partial charge on any atom is 0.00925 e. The van der Waals surface area contributed by atoms with Crippen LogP contribution in [0.3, 0.4) is 0 Å². The van der Waals surface area contributed by atoms with Gasteiger partial charge < -0.3 is 5.32 Å². The third kappa shape index (κ3) is 1.68. The molecule has 1 rings (SSSR count). The third-order valence-electron chi connectivity index (χ3n) is 2.33. The van der Waals surface area contributed by atoms with Crippen LogP contribution in [0.1, 0.15) is 34.5 Å². The minimum atomic E-state index is 0. The van der Waals surface area contributed by atoms with Crippen molar-refractivity contribution in [3.8, 4) is 0 Å². The zero-order valence-electron chi connectivity index (χ0n) is 6.48. The Kier molecular flexibility index (Phi) is 2.52. The van der Waals surface area contributed by atoms with Crippen molar-refractivity contribution in [1.82, 2.24) is 5.32 Å². The van der Waals surface area contributed by atoms with Gasteiger partial charge in [-0.15, -0.1) is 0 Å². The molecule has 0 aromatic carbocycles. The van der Waals surface area contributed by atoms with Crippen molar-refractivity contribution in [3.05, 3.63) is 0 Å². The molecule has 9 heavy (non-hydrogen) atoms. The molecule has 0 aromatic heterocycles. The molecule has 1 saturated carbocycles. The normalized spacial score (nSPS) is 35.3. The van der Waals surface area contributed by atoms with Crippen LogP contribution in [0.2, 0.25) is 0 Å². The van der Waals surface area contributed by atoms with E-state index in [4.69, 9.17) is 0 Å². The largest absolute Gasteiger partial charge is 0.314 e. The molecule has 0 amide bonds. The summed E-state index contributed by atoms with van der Waals surface area (Å²) in [4.78, 5) is 0. The summed E-state index contributed by atoms with van der Waals surface area (Å²) in [5, 5.41) is 3.49. The fraction of sp³-hybridized carbons (Fsp3) is 1.00. The number of hydrogen-bond donors (Lipinski definition) is 1. The third-order valence-corrected chi connectivity index (χ3v) is 2.33. The molecular weight excluding hydrogens is 110 g/mol. The van der Waals surface area contributed by atoms with E-state index in [9.17, 15) is 0 Å². The summed E-state index contributed by atoms with van der Waals surface area (Å²) in [6.45, 7) is 5.67. The Hall–Kier alpha value is -0.0400. The fourth-order valence-electron chi connectivity index (χ4n) is 1.71. The summed E-state index contributed by atoms with van der Waals surface area (Å²) < 4.78 is 0. The molecular formula is C8H19N. The Morgan fingerprint density at radius 3 is 2.78 bits per heavy atom. The molecule has 0 aliphatic heterocycles. The quantitative estimate of drug-likeness (QED) is 0.601. The molecule has 1 nitrogen and oxygen atoms in total. The Labute approximate surface area is 59.3 Å². The molecule has 1 fully saturated rings. The van der Waals surface area contributed by atoms with E-state index in [1.807, 2.05) is 0 Å². The number of rotatable bonds is 2. The van der Waals surface area contributed by atoms with E-state index in [0.29, 0.717) is 0 Å². The second-order valence-electron chi connectivity index (χ2n) is 3.07. The summed E-state index contributed by atoms with van der Waals surface area (Å²) in [5.41, 5.74) is 0. The van der Waals surface area contributed by atoms with Gasteiger partial charge in [0.1, 0.15) is 0 Å². The predicted molar refractivity (Wildman–Crippen MR) is 42.6 cm³/mol. The predicted octanol–water partition coefficient (Wildman–Crippen LogP) is 2.03. The lowest BCUT2D eigenvalue weighted by Gasteiger charge is -2.14. The second-order valence-corrected chi connectivity index (χ2v) is 3.07. The monoisotopic (exact) mass is 129 g/mol. The molecule has 1 heteroatoms. The SMILES string of the molecule is CCNC1CCCC1C.[HH]. The molecule has 1 aliphatic rings. The van der Waals surface area contributed by atoms with Crippen molar-refractivity contribution in [2.45, 2.75) is 39.2 Å². The van der Waals surface area contributed by atoms with Crippen LogP contribution in [0.25, 0.3) is 0 Å². The summed E-state index contributed by atoms with van der Waals surface area (Å²) in [7, 11) is 0. The first-order valence-electron chi connectivity index (χ1n) is 4.08. The Morgan fingerprint density at radius 1 is 1.56 bits per heavy atom. The van der Waals surface area contributed by atoms with Gasteiger partial charge in [-0.1, -0.05) is 20.3 Å². The first-order valence-corrected chi connectivity index (χ1v) is 4.08. The van der Waals surface area contributed by atoms with E-state index in [1.54, 1.807) is 0 Å². The van der Waals surface area contributed by atoms with E-state index in [0.717, 1.165) is 18.5 Å². The Morgan fingerprint density at radius 2 is 2.33 bits per heavy atom.